The molecule has 0 aromatic heterocycles. The first kappa shape index (κ1) is 13.5. The van der Waals surface area contributed by atoms with Crippen molar-refractivity contribution < 1.29 is 0 Å². The zero-order valence-corrected chi connectivity index (χ0v) is 11.5. The van der Waals surface area contributed by atoms with Gasteiger partial charge in [0.25, 0.3) is 0 Å². The van der Waals surface area contributed by atoms with Crippen molar-refractivity contribution in [1.29, 1.82) is 0 Å². The van der Waals surface area contributed by atoms with Gasteiger partial charge in [-0.15, -0.1) is 0 Å². The number of benzene rings is 1. The van der Waals surface area contributed by atoms with Gasteiger partial charge in [-0.25, -0.2) is 0 Å². The van der Waals surface area contributed by atoms with Crippen LogP contribution in [0.3, 0.4) is 0 Å². The van der Waals surface area contributed by atoms with Crippen molar-refractivity contribution in [2.24, 2.45) is 5.73 Å². The van der Waals surface area contributed by atoms with Gasteiger partial charge in [-0.05, 0) is 45.6 Å². The van der Waals surface area contributed by atoms with E-state index in [-0.39, 0.29) is 6.04 Å². The molecule has 1 aromatic rings. The van der Waals surface area contributed by atoms with E-state index in [9.17, 15) is 0 Å². The van der Waals surface area contributed by atoms with E-state index < -0.39 is 0 Å². The van der Waals surface area contributed by atoms with Gasteiger partial charge in [0.1, 0.15) is 0 Å². The summed E-state index contributed by atoms with van der Waals surface area (Å²) in [6, 6.07) is 11.3. The Hall–Kier alpha value is -0.900. The molecule has 0 bridgehead atoms. The Kier molecular flexibility index (Phi) is 4.75. The minimum atomic E-state index is 0.141. The zero-order valence-electron chi connectivity index (χ0n) is 11.5. The standard InChI is InChI=1S/C15H25N3/c1-17(2)14-8-10-18(11-9-14)12-15(16)13-6-4-3-5-7-13/h3-7,14-15H,8-12,16H2,1-2H3. The van der Waals surface area contributed by atoms with Crippen molar-refractivity contribution in [3.05, 3.63) is 35.9 Å². The minimum absolute atomic E-state index is 0.141. The highest BCUT2D eigenvalue weighted by Gasteiger charge is 2.21. The van der Waals surface area contributed by atoms with Crippen LogP contribution < -0.4 is 5.73 Å². The lowest BCUT2D eigenvalue weighted by Gasteiger charge is -2.36. The fourth-order valence-electron chi connectivity index (χ4n) is 2.70. The van der Waals surface area contributed by atoms with Crippen LogP contribution in [0.2, 0.25) is 0 Å². The van der Waals surface area contributed by atoms with Crippen LogP contribution in [0, 0.1) is 0 Å². The van der Waals surface area contributed by atoms with Crippen LogP contribution in [0.4, 0.5) is 0 Å². The van der Waals surface area contributed by atoms with Gasteiger partial charge in [-0.1, -0.05) is 30.3 Å². The molecular formula is C15H25N3. The summed E-state index contributed by atoms with van der Waals surface area (Å²) >= 11 is 0. The topological polar surface area (TPSA) is 32.5 Å². The molecule has 1 aromatic carbocycles. The number of nitrogens with zero attached hydrogens (tertiary/aromatic N) is 2. The smallest absolute Gasteiger partial charge is 0.0424 e. The average Bonchev–Trinajstić information content (AvgIpc) is 2.40. The van der Waals surface area contributed by atoms with Crippen LogP contribution in [-0.2, 0) is 0 Å². The van der Waals surface area contributed by atoms with E-state index in [1.807, 2.05) is 6.07 Å². The first-order valence-electron chi connectivity index (χ1n) is 6.86. The van der Waals surface area contributed by atoms with E-state index in [0.29, 0.717) is 0 Å². The van der Waals surface area contributed by atoms with Crippen molar-refractivity contribution >= 4 is 0 Å². The number of likely N-dealkylation sites (tertiary alicyclic amines) is 1. The molecule has 2 N–H and O–H groups in total. The first-order valence-corrected chi connectivity index (χ1v) is 6.86. The Morgan fingerprint density at radius 3 is 2.39 bits per heavy atom. The first-order chi connectivity index (χ1) is 8.66. The summed E-state index contributed by atoms with van der Waals surface area (Å²) in [7, 11) is 4.35. The third kappa shape index (κ3) is 3.55. The van der Waals surface area contributed by atoms with Crippen LogP contribution in [0.5, 0.6) is 0 Å². The maximum Gasteiger partial charge on any atom is 0.0424 e. The van der Waals surface area contributed by atoms with Crippen LogP contribution in [0.1, 0.15) is 24.4 Å². The average molecular weight is 247 g/mol. The summed E-state index contributed by atoms with van der Waals surface area (Å²) in [4.78, 5) is 4.84. The lowest BCUT2D eigenvalue weighted by Crippen LogP contribution is -2.44. The van der Waals surface area contributed by atoms with E-state index in [2.05, 4.69) is 48.2 Å². The second-order valence-corrected chi connectivity index (χ2v) is 5.51. The maximum absolute atomic E-state index is 6.27. The van der Waals surface area contributed by atoms with Crippen LogP contribution >= 0.6 is 0 Å². The molecule has 1 aliphatic rings. The molecule has 100 valence electrons. The Morgan fingerprint density at radius 1 is 1.22 bits per heavy atom. The monoisotopic (exact) mass is 247 g/mol. The zero-order chi connectivity index (χ0) is 13.0. The summed E-state index contributed by atoms with van der Waals surface area (Å²) in [5.41, 5.74) is 7.51. The van der Waals surface area contributed by atoms with Gasteiger partial charge in [-0.3, -0.25) is 0 Å². The molecule has 1 fully saturated rings. The second-order valence-electron chi connectivity index (χ2n) is 5.51. The van der Waals surface area contributed by atoms with E-state index in [1.54, 1.807) is 0 Å². The largest absolute Gasteiger partial charge is 0.323 e. The van der Waals surface area contributed by atoms with Gasteiger partial charge < -0.3 is 15.5 Å². The third-order valence-corrected chi connectivity index (χ3v) is 3.97. The molecule has 18 heavy (non-hydrogen) atoms. The van der Waals surface area contributed by atoms with Crippen LogP contribution in [0.15, 0.2) is 30.3 Å². The molecule has 3 nitrogen and oxygen atoms in total. The van der Waals surface area contributed by atoms with E-state index in [4.69, 9.17) is 5.73 Å². The highest BCUT2D eigenvalue weighted by atomic mass is 15.2. The third-order valence-electron chi connectivity index (χ3n) is 3.97. The fourth-order valence-corrected chi connectivity index (χ4v) is 2.70. The predicted octanol–water partition coefficient (Wildman–Crippen LogP) is 1.71. The molecule has 2 rings (SSSR count). The van der Waals surface area contributed by atoms with Gasteiger partial charge in [-0.2, -0.15) is 0 Å². The van der Waals surface area contributed by atoms with Gasteiger partial charge >= 0.3 is 0 Å². The molecule has 0 saturated carbocycles. The summed E-state index contributed by atoms with van der Waals surface area (Å²) in [5, 5.41) is 0. The molecule has 1 heterocycles. The molecule has 0 spiro atoms. The number of nitrogens with two attached hydrogens (primary N) is 1. The fraction of sp³-hybridized carbons (Fsp3) is 0.600. The lowest BCUT2D eigenvalue weighted by atomic mass is 10.0. The van der Waals surface area contributed by atoms with Crippen molar-refractivity contribution in [3.63, 3.8) is 0 Å². The Bertz CT molecular complexity index is 342. The van der Waals surface area contributed by atoms with Crippen molar-refractivity contribution in [3.8, 4) is 0 Å². The molecule has 0 aliphatic carbocycles. The normalized spacial score (nSPS) is 20.2. The predicted molar refractivity (Wildman–Crippen MR) is 76.5 cm³/mol. The van der Waals surface area contributed by atoms with Gasteiger partial charge in [0, 0.05) is 18.6 Å². The van der Waals surface area contributed by atoms with Crippen molar-refractivity contribution in [1.82, 2.24) is 9.80 Å². The van der Waals surface area contributed by atoms with E-state index >= 15 is 0 Å². The quantitative estimate of drug-likeness (QED) is 0.879. The molecule has 1 unspecified atom stereocenters. The van der Waals surface area contributed by atoms with Crippen LogP contribution in [0.25, 0.3) is 0 Å². The highest BCUT2D eigenvalue weighted by Crippen LogP contribution is 2.17. The summed E-state index contributed by atoms with van der Waals surface area (Å²) in [6.07, 6.45) is 2.52. The van der Waals surface area contributed by atoms with Gasteiger partial charge in [0.15, 0.2) is 0 Å². The second kappa shape index (κ2) is 6.32. The summed E-state index contributed by atoms with van der Waals surface area (Å²) in [5.74, 6) is 0. The Labute approximate surface area is 111 Å². The van der Waals surface area contributed by atoms with E-state index in [0.717, 1.165) is 12.6 Å². The summed E-state index contributed by atoms with van der Waals surface area (Å²) < 4.78 is 0. The van der Waals surface area contributed by atoms with Crippen molar-refractivity contribution in [2.45, 2.75) is 24.9 Å². The summed E-state index contributed by atoms with van der Waals surface area (Å²) in [6.45, 7) is 3.32. The van der Waals surface area contributed by atoms with Crippen LogP contribution in [-0.4, -0.2) is 49.6 Å². The number of piperidine rings is 1. The molecule has 1 atom stereocenters. The molecule has 1 saturated heterocycles. The molecule has 0 amide bonds. The number of rotatable bonds is 4. The molecule has 3 heteroatoms. The number of hydrogen-bond donors (Lipinski definition) is 1. The minimum Gasteiger partial charge on any atom is -0.323 e. The highest BCUT2D eigenvalue weighted by molar-refractivity contribution is 5.18. The Balaban J connectivity index is 1.81. The molecule has 1 aliphatic heterocycles. The van der Waals surface area contributed by atoms with E-state index in [1.165, 1.54) is 31.5 Å². The molecule has 0 radical (unpaired) electrons. The molecular weight excluding hydrogens is 222 g/mol. The number of hydrogen-bond acceptors (Lipinski definition) is 3. The maximum atomic E-state index is 6.27. The SMILES string of the molecule is CN(C)C1CCN(CC(N)c2ccccc2)CC1. The lowest BCUT2D eigenvalue weighted by molar-refractivity contribution is 0.139. The Morgan fingerprint density at radius 2 is 1.83 bits per heavy atom. The van der Waals surface area contributed by atoms with Gasteiger partial charge in [0.05, 0.1) is 0 Å². The van der Waals surface area contributed by atoms with Crippen molar-refractivity contribution in [2.75, 3.05) is 33.7 Å². The van der Waals surface area contributed by atoms with Gasteiger partial charge in [0.2, 0.25) is 0 Å².